The van der Waals surface area contributed by atoms with Gasteiger partial charge in [0.1, 0.15) is 5.82 Å². The van der Waals surface area contributed by atoms with Crippen molar-refractivity contribution in [1.29, 1.82) is 0 Å². The van der Waals surface area contributed by atoms with Gasteiger partial charge >= 0.3 is 0 Å². The van der Waals surface area contributed by atoms with Gasteiger partial charge in [-0.1, -0.05) is 6.92 Å². The third-order valence-electron chi connectivity index (χ3n) is 2.78. The summed E-state index contributed by atoms with van der Waals surface area (Å²) in [6.07, 6.45) is 0.972. The summed E-state index contributed by atoms with van der Waals surface area (Å²) in [5, 5.41) is 21.1. The summed E-state index contributed by atoms with van der Waals surface area (Å²) in [6, 6.07) is 3.41. The highest BCUT2D eigenvalue weighted by Gasteiger charge is 2.16. The van der Waals surface area contributed by atoms with Gasteiger partial charge in [0.25, 0.3) is 5.91 Å². The minimum Gasteiger partial charge on any atom is -0.395 e. The number of carbonyl (C=O) groups excluding carboxylic acids is 1. The predicted molar refractivity (Wildman–Crippen MR) is 77.8 cm³/mol. The van der Waals surface area contributed by atoms with Crippen LogP contribution >= 0.6 is 0 Å². The minimum atomic E-state index is -0.210. The Morgan fingerprint density at radius 1 is 1.30 bits per heavy atom. The molecule has 6 nitrogen and oxygen atoms in total. The number of carbonyl (C=O) groups is 1. The Morgan fingerprint density at radius 3 is 2.50 bits per heavy atom. The van der Waals surface area contributed by atoms with Gasteiger partial charge in [-0.15, -0.1) is 0 Å². The summed E-state index contributed by atoms with van der Waals surface area (Å²) in [6.45, 7) is 4.83. The first kappa shape index (κ1) is 16.4. The number of hydrogen-bond acceptors (Lipinski definition) is 5. The van der Waals surface area contributed by atoms with Crippen LogP contribution in [0.2, 0.25) is 0 Å². The van der Waals surface area contributed by atoms with Crippen LogP contribution in [0.15, 0.2) is 12.1 Å². The van der Waals surface area contributed by atoms with E-state index in [-0.39, 0.29) is 32.2 Å². The quantitative estimate of drug-likeness (QED) is 0.651. The number of aliphatic hydroxyl groups is 2. The second-order valence-corrected chi connectivity index (χ2v) is 4.55. The highest BCUT2D eigenvalue weighted by molar-refractivity contribution is 5.95. The number of aliphatic hydroxyl groups excluding tert-OH is 2. The van der Waals surface area contributed by atoms with E-state index in [0.29, 0.717) is 11.4 Å². The van der Waals surface area contributed by atoms with Crippen LogP contribution < -0.4 is 5.32 Å². The molecule has 20 heavy (non-hydrogen) atoms. The van der Waals surface area contributed by atoms with Crippen LogP contribution in [0.25, 0.3) is 0 Å². The molecule has 0 saturated heterocycles. The van der Waals surface area contributed by atoms with Crippen LogP contribution in [0.3, 0.4) is 0 Å². The van der Waals surface area contributed by atoms with Crippen molar-refractivity contribution >= 4 is 11.7 Å². The number of rotatable bonds is 8. The smallest absolute Gasteiger partial charge is 0.254 e. The van der Waals surface area contributed by atoms with Gasteiger partial charge in [-0.05, 0) is 25.5 Å². The van der Waals surface area contributed by atoms with Crippen LogP contribution in [-0.4, -0.2) is 58.9 Å². The second kappa shape index (κ2) is 8.50. The fraction of sp³-hybridized carbons (Fsp3) is 0.571. The fourth-order valence-corrected chi connectivity index (χ4v) is 1.87. The van der Waals surface area contributed by atoms with Crippen LogP contribution in [0.1, 0.15) is 29.4 Å². The Bertz CT molecular complexity index is 432. The van der Waals surface area contributed by atoms with E-state index in [1.165, 1.54) is 4.90 Å². The monoisotopic (exact) mass is 281 g/mol. The standard InChI is InChI=1S/C14H23N3O3/c1-3-4-15-13-10-12(9-11(2)16-13)14(20)17(5-7-18)6-8-19/h9-10,18-19H,3-8H2,1-2H3,(H,15,16). The van der Waals surface area contributed by atoms with Crippen LogP contribution in [0.5, 0.6) is 0 Å². The maximum atomic E-state index is 12.4. The molecule has 0 atom stereocenters. The van der Waals surface area contributed by atoms with Crippen molar-refractivity contribution in [2.75, 3.05) is 38.2 Å². The van der Waals surface area contributed by atoms with Gasteiger partial charge in [-0.25, -0.2) is 4.98 Å². The maximum Gasteiger partial charge on any atom is 0.254 e. The van der Waals surface area contributed by atoms with E-state index >= 15 is 0 Å². The lowest BCUT2D eigenvalue weighted by Crippen LogP contribution is -2.36. The number of aromatic nitrogens is 1. The Labute approximate surface area is 119 Å². The molecular formula is C14H23N3O3. The number of pyridine rings is 1. The predicted octanol–water partition coefficient (Wildman–Crippen LogP) is 0.639. The zero-order valence-corrected chi connectivity index (χ0v) is 12.1. The molecule has 112 valence electrons. The number of nitrogens with zero attached hydrogens (tertiary/aromatic N) is 2. The Kier molecular flexibility index (Phi) is 6.97. The molecular weight excluding hydrogens is 258 g/mol. The van der Waals surface area contributed by atoms with Gasteiger partial charge in [-0.2, -0.15) is 0 Å². The molecule has 3 N–H and O–H groups in total. The maximum absolute atomic E-state index is 12.4. The van der Waals surface area contributed by atoms with Crippen LogP contribution in [0.4, 0.5) is 5.82 Å². The Morgan fingerprint density at radius 2 is 1.95 bits per heavy atom. The van der Waals surface area contributed by atoms with E-state index in [9.17, 15) is 4.79 Å². The number of amides is 1. The minimum absolute atomic E-state index is 0.128. The molecule has 0 saturated carbocycles. The van der Waals surface area contributed by atoms with E-state index in [2.05, 4.69) is 17.2 Å². The first-order valence-electron chi connectivity index (χ1n) is 6.86. The first-order chi connectivity index (χ1) is 9.62. The molecule has 1 rings (SSSR count). The molecule has 1 heterocycles. The van der Waals surface area contributed by atoms with Gasteiger partial charge < -0.3 is 20.4 Å². The molecule has 6 heteroatoms. The van der Waals surface area contributed by atoms with Gasteiger partial charge in [-0.3, -0.25) is 4.79 Å². The van der Waals surface area contributed by atoms with Crippen molar-refractivity contribution in [3.63, 3.8) is 0 Å². The highest BCUT2D eigenvalue weighted by atomic mass is 16.3. The van der Waals surface area contributed by atoms with Crippen molar-refractivity contribution in [3.8, 4) is 0 Å². The molecule has 0 aliphatic heterocycles. The molecule has 1 amide bonds. The average molecular weight is 281 g/mol. The van der Waals surface area contributed by atoms with E-state index < -0.39 is 0 Å². The van der Waals surface area contributed by atoms with Crippen LogP contribution in [0, 0.1) is 6.92 Å². The largest absolute Gasteiger partial charge is 0.395 e. The second-order valence-electron chi connectivity index (χ2n) is 4.55. The number of aryl methyl sites for hydroxylation is 1. The fourth-order valence-electron chi connectivity index (χ4n) is 1.87. The van der Waals surface area contributed by atoms with Crippen molar-refractivity contribution in [1.82, 2.24) is 9.88 Å². The molecule has 0 aliphatic carbocycles. The molecule has 0 aromatic carbocycles. The summed E-state index contributed by atoms with van der Waals surface area (Å²) in [4.78, 5) is 18.1. The number of hydrogen-bond donors (Lipinski definition) is 3. The van der Waals surface area contributed by atoms with Crippen molar-refractivity contribution in [2.45, 2.75) is 20.3 Å². The van der Waals surface area contributed by atoms with Gasteiger partial charge in [0.2, 0.25) is 0 Å². The first-order valence-corrected chi connectivity index (χ1v) is 6.86. The molecule has 0 spiro atoms. The topological polar surface area (TPSA) is 85.7 Å². The normalized spacial score (nSPS) is 10.4. The highest BCUT2D eigenvalue weighted by Crippen LogP contribution is 2.12. The summed E-state index contributed by atoms with van der Waals surface area (Å²) >= 11 is 0. The van der Waals surface area contributed by atoms with E-state index in [0.717, 1.165) is 18.7 Å². The van der Waals surface area contributed by atoms with Crippen LogP contribution in [-0.2, 0) is 0 Å². The number of nitrogens with one attached hydrogen (secondary N) is 1. The van der Waals surface area contributed by atoms with Crippen molar-refractivity contribution in [2.24, 2.45) is 0 Å². The molecule has 0 bridgehead atoms. The molecule has 1 aromatic rings. The Balaban J connectivity index is 2.92. The molecule has 0 radical (unpaired) electrons. The average Bonchev–Trinajstić information content (AvgIpc) is 2.43. The van der Waals surface area contributed by atoms with Gasteiger partial charge in [0.05, 0.1) is 13.2 Å². The van der Waals surface area contributed by atoms with E-state index in [4.69, 9.17) is 10.2 Å². The Hall–Kier alpha value is -1.66. The lowest BCUT2D eigenvalue weighted by molar-refractivity contribution is 0.0684. The summed E-state index contributed by atoms with van der Waals surface area (Å²) in [7, 11) is 0. The zero-order chi connectivity index (χ0) is 15.0. The van der Waals surface area contributed by atoms with E-state index in [1.54, 1.807) is 12.1 Å². The summed E-state index contributed by atoms with van der Waals surface area (Å²) in [5.74, 6) is 0.460. The third-order valence-corrected chi connectivity index (χ3v) is 2.78. The van der Waals surface area contributed by atoms with Crippen molar-refractivity contribution < 1.29 is 15.0 Å². The SMILES string of the molecule is CCCNc1cc(C(=O)N(CCO)CCO)cc(C)n1. The summed E-state index contributed by atoms with van der Waals surface area (Å²) in [5.41, 5.74) is 1.26. The number of anilines is 1. The van der Waals surface area contributed by atoms with Gasteiger partial charge in [0, 0.05) is 30.9 Å². The molecule has 0 unspecified atom stereocenters. The lowest BCUT2D eigenvalue weighted by atomic mass is 10.2. The zero-order valence-electron chi connectivity index (χ0n) is 12.1. The lowest BCUT2D eigenvalue weighted by Gasteiger charge is -2.21. The molecule has 0 aliphatic rings. The van der Waals surface area contributed by atoms with E-state index in [1.807, 2.05) is 6.92 Å². The van der Waals surface area contributed by atoms with Gasteiger partial charge in [0.15, 0.2) is 0 Å². The molecule has 0 fully saturated rings. The summed E-state index contributed by atoms with van der Waals surface area (Å²) < 4.78 is 0. The molecule has 1 aromatic heterocycles. The third kappa shape index (κ3) is 4.79. The van der Waals surface area contributed by atoms with Crippen molar-refractivity contribution in [3.05, 3.63) is 23.4 Å².